The molecule has 2 rings (SSSR count). The molecule has 1 aromatic carbocycles. The number of aromatic amines is 1. The van der Waals surface area contributed by atoms with Crippen molar-refractivity contribution in [2.24, 2.45) is 0 Å². The van der Waals surface area contributed by atoms with Crippen LogP contribution < -0.4 is 10.1 Å². The van der Waals surface area contributed by atoms with Gasteiger partial charge < -0.3 is 15.7 Å². The van der Waals surface area contributed by atoms with E-state index in [9.17, 15) is 5.11 Å². The molecule has 2 aromatic rings. The van der Waals surface area contributed by atoms with E-state index in [1.807, 2.05) is 6.07 Å². The van der Waals surface area contributed by atoms with E-state index >= 15 is 0 Å². The summed E-state index contributed by atoms with van der Waals surface area (Å²) in [6.07, 6.45) is 3.16. The number of para-hydroxylation sites is 1. The second-order valence-corrected chi connectivity index (χ2v) is 2.27. The Morgan fingerprint density at radius 1 is 1.31 bits per heavy atom. The largest absolute Gasteiger partial charge is 2.00 e. The zero-order valence-corrected chi connectivity index (χ0v) is 9.72. The van der Waals surface area contributed by atoms with Crippen LogP contribution in [0.25, 0.3) is 10.9 Å². The summed E-state index contributed by atoms with van der Waals surface area (Å²) in [5.74, 6) is 0.00454. The number of hydrogen-bond donors (Lipinski definition) is 1. The Balaban J connectivity index is -0.000000321. The maximum absolute atomic E-state index is 11.1. The van der Waals surface area contributed by atoms with Gasteiger partial charge in [-0.15, -0.1) is 0 Å². The number of hydrogen-bond acceptors (Lipinski definition) is 4. The van der Waals surface area contributed by atoms with E-state index in [1.165, 1.54) is 12.4 Å². The van der Waals surface area contributed by atoms with Crippen molar-refractivity contribution in [2.75, 3.05) is 7.11 Å². The molecule has 0 saturated carbocycles. The third kappa shape index (κ3) is 4.65. The van der Waals surface area contributed by atoms with Crippen molar-refractivity contribution in [2.45, 2.75) is 0 Å². The van der Waals surface area contributed by atoms with Gasteiger partial charge in [-0.3, -0.25) is 0 Å². The van der Waals surface area contributed by atoms with Gasteiger partial charge in [-0.1, -0.05) is 22.9 Å². The smallest absolute Gasteiger partial charge is 0.870 e. The summed E-state index contributed by atoms with van der Waals surface area (Å²) in [7, 11) is 1.00. The van der Waals surface area contributed by atoms with Gasteiger partial charge in [-0.2, -0.15) is 0 Å². The summed E-state index contributed by atoms with van der Waals surface area (Å²) in [4.78, 5) is 6.65. The number of benzene rings is 1. The quantitative estimate of drug-likeness (QED) is 0.627. The molecule has 16 heavy (non-hydrogen) atoms. The molecule has 0 aliphatic rings. The van der Waals surface area contributed by atoms with Gasteiger partial charge in [0, 0.05) is 23.9 Å². The maximum Gasteiger partial charge on any atom is 2.00 e. The van der Waals surface area contributed by atoms with Gasteiger partial charge in [0.1, 0.15) is 5.52 Å². The number of nitrogens with one attached hydrogen (secondary N) is 1. The minimum Gasteiger partial charge on any atom is -0.870 e. The van der Waals surface area contributed by atoms with E-state index in [-0.39, 0.29) is 38.1 Å². The molecule has 0 spiro atoms. The number of nitrogens with zero attached hydrogens (tertiary/aromatic N) is 1. The molecular weight excluding hydrogens is 252 g/mol. The molecular formula is C9H11BeCoN2O3+. The van der Waals surface area contributed by atoms with E-state index in [1.54, 1.807) is 12.3 Å². The topological polar surface area (TPSA) is 100 Å². The fourth-order valence-corrected chi connectivity index (χ4v) is 1.03. The van der Waals surface area contributed by atoms with E-state index in [2.05, 4.69) is 9.97 Å². The predicted molar refractivity (Wildman–Crippen MR) is 53.6 cm³/mol. The molecule has 85 valence electrons. The third-order valence-corrected chi connectivity index (χ3v) is 1.56. The first-order valence-electron chi connectivity index (χ1n) is 3.74. The molecule has 1 radical (unpaired) electrons. The van der Waals surface area contributed by atoms with Gasteiger partial charge in [0.2, 0.25) is 0 Å². The van der Waals surface area contributed by atoms with Crippen LogP contribution in [0.3, 0.4) is 0 Å². The van der Waals surface area contributed by atoms with Crippen molar-refractivity contribution in [1.29, 1.82) is 0 Å². The molecule has 3 N–H and O–H groups in total. The molecule has 0 bridgehead atoms. The van der Waals surface area contributed by atoms with Gasteiger partial charge in [0.15, 0.2) is 6.20 Å². The first-order chi connectivity index (χ1) is 6.38. The normalized spacial score (nSPS) is 7.38. The minimum atomic E-state index is 0. The van der Waals surface area contributed by atoms with E-state index in [0.717, 1.165) is 12.5 Å². The van der Waals surface area contributed by atoms with Crippen molar-refractivity contribution >= 4 is 21.0 Å². The molecule has 5 nitrogen and oxygen atoms in total. The Hall–Kier alpha value is -1.04. The van der Waals surface area contributed by atoms with Gasteiger partial charge in [0.25, 0.3) is 6.33 Å². The Labute approximate surface area is 107 Å². The average molecular weight is 263 g/mol. The molecule has 1 heterocycles. The Morgan fingerprint density at radius 2 is 1.94 bits per heavy atom. The second kappa shape index (κ2) is 10.5. The summed E-state index contributed by atoms with van der Waals surface area (Å²) < 4.78 is 0. The zero-order valence-electron chi connectivity index (χ0n) is 8.68. The average Bonchev–Trinajstić information content (AvgIpc) is 2.22. The predicted octanol–water partition coefficient (Wildman–Crippen LogP) is -0.829. The Morgan fingerprint density at radius 3 is 2.50 bits per heavy atom. The SMILES string of the molecule is CO.[Be+2].[Co].[O-]c1cccc2cnc[nH+]c12.[OH-]. The minimum absolute atomic E-state index is 0. The van der Waals surface area contributed by atoms with E-state index < -0.39 is 0 Å². The monoisotopic (exact) mass is 263 g/mol. The standard InChI is InChI=1S/C8H6N2O.CH4O.Be.Co.H2O/c11-7-3-1-2-6-4-9-5-10-8(6)7;1-2;;;/h1-5,11H;2H,1H3;;;1H2/q;;+2;;/p-1. The fourth-order valence-electron chi connectivity index (χ4n) is 1.03. The number of H-pyrrole nitrogens is 1. The van der Waals surface area contributed by atoms with Crippen LogP contribution in [0.5, 0.6) is 5.75 Å². The number of rotatable bonds is 0. The molecule has 0 aliphatic heterocycles. The fraction of sp³-hybridized carbons (Fsp3) is 0.111. The zero-order chi connectivity index (χ0) is 9.68. The summed E-state index contributed by atoms with van der Waals surface area (Å²) in [6.45, 7) is 0. The Bertz CT molecular complexity index is 398. The van der Waals surface area contributed by atoms with Crippen LogP contribution >= 0.6 is 0 Å². The van der Waals surface area contributed by atoms with Crippen LogP contribution in [0, 0.1) is 0 Å². The molecule has 0 atom stereocenters. The maximum atomic E-state index is 11.1. The first-order valence-corrected chi connectivity index (χ1v) is 3.74. The van der Waals surface area contributed by atoms with Gasteiger partial charge in [-0.05, 0) is 6.07 Å². The summed E-state index contributed by atoms with van der Waals surface area (Å²) in [6, 6.07) is 5.10. The van der Waals surface area contributed by atoms with Gasteiger partial charge >= 0.3 is 10.1 Å². The van der Waals surface area contributed by atoms with Gasteiger partial charge in [-0.25, -0.2) is 4.98 Å². The van der Waals surface area contributed by atoms with Crippen molar-refractivity contribution in [3.63, 3.8) is 0 Å². The molecule has 0 saturated heterocycles. The summed E-state index contributed by atoms with van der Waals surface area (Å²) in [5, 5.41) is 19.0. The molecule has 0 amide bonds. The molecule has 0 aliphatic carbocycles. The van der Waals surface area contributed by atoms with Crippen LogP contribution in [0.1, 0.15) is 0 Å². The Kier molecular flexibility index (Phi) is 13.3. The number of fused-ring (bicyclic) bond motifs is 1. The van der Waals surface area contributed by atoms with Crippen molar-refractivity contribution < 1.29 is 37.5 Å². The second-order valence-electron chi connectivity index (χ2n) is 2.27. The van der Waals surface area contributed by atoms with Crippen LogP contribution in [-0.2, 0) is 16.8 Å². The summed E-state index contributed by atoms with van der Waals surface area (Å²) >= 11 is 0. The third-order valence-electron chi connectivity index (χ3n) is 1.56. The molecule has 1 aromatic heterocycles. The molecule has 0 unspecified atom stereocenters. The number of aliphatic hydroxyl groups excluding tert-OH is 1. The van der Waals surface area contributed by atoms with Crippen molar-refractivity contribution in [3.05, 3.63) is 30.7 Å². The number of aliphatic hydroxyl groups is 1. The van der Waals surface area contributed by atoms with Crippen LogP contribution in [0.15, 0.2) is 30.7 Å². The van der Waals surface area contributed by atoms with E-state index in [0.29, 0.717) is 5.52 Å². The van der Waals surface area contributed by atoms with Crippen molar-refractivity contribution in [3.8, 4) is 5.75 Å². The van der Waals surface area contributed by atoms with E-state index in [4.69, 9.17) is 5.11 Å². The van der Waals surface area contributed by atoms with Gasteiger partial charge in [0.05, 0.1) is 5.39 Å². The molecule has 7 heteroatoms. The van der Waals surface area contributed by atoms with Crippen LogP contribution in [-0.4, -0.2) is 32.8 Å². The molecule has 0 fully saturated rings. The summed E-state index contributed by atoms with van der Waals surface area (Å²) in [5.41, 5.74) is 0.613. The van der Waals surface area contributed by atoms with Crippen molar-refractivity contribution in [1.82, 2.24) is 4.98 Å². The number of aromatic nitrogens is 2. The van der Waals surface area contributed by atoms with Crippen LogP contribution in [0.4, 0.5) is 0 Å². The van der Waals surface area contributed by atoms with Crippen LogP contribution in [0.2, 0.25) is 0 Å². The first kappa shape index (κ1) is 20.4.